The summed E-state index contributed by atoms with van der Waals surface area (Å²) in [7, 11) is 0. The molecule has 0 N–H and O–H groups in total. The Morgan fingerprint density at radius 3 is 2.85 bits per heavy atom. The average Bonchev–Trinajstić information content (AvgIpc) is 2.02. The molecule has 13 heavy (non-hydrogen) atoms. The molecule has 1 saturated heterocycles. The second-order valence-corrected chi connectivity index (χ2v) is 5.13. The molecule has 0 amide bonds. The van der Waals surface area contributed by atoms with Crippen LogP contribution in [0.1, 0.15) is 26.7 Å². The minimum atomic E-state index is -0.353. The van der Waals surface area contributed by atoms with Crippen molar-refractivity contribution in [2.24, 2.45) is 5.41 Å². The number of likely N-dealkylation sites (tertiary alicyclic amines) is 1. The van der Waals surface area contributed by atoms with Crippen LogP contribution in [0.4, 0.5) is 0 Å². The molecule has 0 aromatic carbocycles. The minimum absolute atomic E-state index is 0.353. The van der Waals surface area contributed by atoms with Crippen LogP contribution in [0.15, 0.2) is 0 Å². The number of piperidine rings is 1. The van der Waals surface area contributed by atoms with Crippen LogP contribution in [0.5, 0.6) is 0 Å². The summed E-state index contributed by atoms with van der Waals surface area (Å²) in [5.41, 5.74) is 0.393. The number of halogens is 1. The summed E-state index contributed by atoms with van der Waals surface area (Å²) in [4.78, 5) is 2.30. The number of nitriles is 1. The molecule has 0 aromatic heterocycles. The van der Waals surface area contributed by atoms with Crippen LogP contribution < -0.4 is 0 Å². The molecule has 0 aromatic rings. The van der Waals surface area contributed by atoms with Gasteiger partial charge in [0.15, 0.2) is 0 Å². The van der Waals surface area contributed by atoms with Crippen molar-refractivity contribution < 1.29 is 0 Å². The summed E-state index contributed by atoms with van der Waals surface area (Å²) >= 11 is 5.79. The van der Waals surface area contributed by atoms with Crippen LogP contribution in [0.3, 0.4) is 0 Å². The van der Waals surface area contributed by atoms with Gasteiger partial charge in [-0.1, -0.05) is 13.8 Å². The molecule has 0 saturated carbocycles. The Labute approximate surface area is 85.5 Å². The first-order valence-corrected chi connectivity index (χ1v) is 5.23. The largest absolute Gasteiger partial charge is 0.300 e. The van der Waals surface area contributed by atoms with Gasteiger partial charge in [0.2, 0.25) is 0 Å². The van der Waals surface area contributed by atoms with E-state index in [1.54, 1.807) is 0 Å². The van der Waals surface area contributed by atoms with Crippen LogP contribution in [0.25, 0.3) is 0 Å². The highest BCUT2D eigenvalue weighted by molar-refractivity contribution is 6.22. The first kappa shape index (κ1) is 10.8. The predicted molar refractivity (Wildman–Crippen MR) is 54.7 cm³/mol. The van der Waals surface area contributed by atoms with Gasteiger partial charge >= 0.3 is 0 Å². The highest BCUT2D eigenvalue weighted by Crippen LogP contribution is 2.28. The molecule has 1 heterocycles. The Bertz CT molecular complexity index is 207. The molecule has 0 aliphatic carbocycles. The fourth-order valence-electron chi connectivity index (χ4n) is 1.97. The second-order valence-electron chi connectivity index (χ2n) is 4.60. The summed E-state index contributed by atoms with van der Waals surface area (Å²) in [6, 6.07) is 2.06. The lowest BCUT2D eigenvalue weighted by Gasteiger charge is -2.38. The lowest BCUT2D eigenvalue weighted by molar-refractivity contribution is 0.121. The van der Waals surface area contributed by atoms with E-state index in [0.29, 0.717) is 12.0 Å². The van der Waals surface area contributed by atoms with Gasteiger partial charge in [-0.3, -0.25) is 0 Å². The van der Waals surface area contributed by atoms with E-state index in [2.05, 4.69) is 24.8 Å². The molecular formula is C10H17ClN2. The van der Waals surface area contributed by atoms with Crippen LogP contribution in [0.2, 0.25) is 0 Å². The maximum absolute atomic E-state index is 8.59. The highest BCUT2D eigenvalue weighted by Gasteiger charge is 2.27. The lowest BCUT2D eigenvalue weighted by atomic mass is 9.84. The van der Waals surface area contributed by atoms with Gasteiger partial charge in [-0.15, -0.1) is 11.6 Å². The third-order valence-corrected chi connectivity index (χ3v) is 2.77. The average molecular weight is 201 g/mol. The molecule has 2 nitrogen and oxygen atoms in total. The number of alkyl halides is 1. The first-order chi connectivity index (χ1) is 6.03. The van der Waals surface area contributed by atoms with Crippen molar-refractivity contribution in [1.29, 1.82) is 5.26 Å². The van der Waals surface area contributed by atoms with Crippen LogP contribution in [-0.2, 0) is 0 Å². The molecule has 1 rings (SSSR count). The fourth-order valence-corrected chi connectivity index (χ4v) is 2.16. The summed E-state index contributed by atoms with van der Waals surface area (Å²) in [6.45, 7) is 7.41. The number of hydrogen-bond acceptors (Lipinski definition) is 2. The van der Waals surface area contributed by atoms with E-state index in [1.807, 2.05) is 0 Å². The zero-order chi connectivity index (χ0) is 9.90. The van der Waals surface area contributed by atoms with Gasteiger partial charge in [-0.25, -0.2) is 0 Å². The van der Waals surface area contributed by atoms with Crippen molar-refractivity contribution in [3.63, 3.8) is 0 Å². The topological polar surface area (TPSA) is 27.0 Å². The van der Waals surface area contributed by atoms with E-state index in [0.717, 1.165) is 13.1 Å². The summed E-state index contributed by atoms with van der Waals surface area (Å²) in [6.07, 6.45) is 2.51. The van der Waals surface area contributed by atoms with Gasteiger partial charge in [0.1, 0.15) is 5.38 Å². The van der Waals surface area contributed by atoms with Gasteiger partial charge in [-0.2, -0.15) is 5.26 Å². The smallest absolute Gasteiger partial charge is 0.133 e. The molecule has 1 fully saturated rings. The molecule has 3 heteroatoms. The van der Waals surface area contributed by atoms with E-state index in [1.165, 1.54) is 12.8 Å². The maximum Gasteiger partial charge on any atom is 0.133 e. The van der Waals surface area contributed by atoms with Crippen molar-refractivity contribution in [2.75, 3.05) is 19.6 Å². The Morgan fingerprint density at radius 2 is 2.31 bits per heavy atom. The van der Waals surface area contributed by atoms with Crippen molar-refractivity contribution in [2.45, 2.75) is 32.1 Å². The fraction of sp³-hybridized carbons (Fsp3) is 0.900. The van der Waals surface area contributed by atoms with Gasteiger partial charge in [0.25, 0.3) is 0 Å². The molecule has 74 valence electrons. The summed E-state index contributed by atoms with van der Waals surface area (Å²) < 4.78 is 0. The molecule has 1 unspecified atom stereocenters. The summed E-state index contributed by atoms with van der Waals surface area (Å²) in [5, 5.41) is 8.23. The van der Waals surface area contributed by atoms with E-state index in [-0.39, 0.29) is 5.38 Å². The SMILES string of the molecule is CC1(C)CCCN(CC(Cl)C#N)C1. The second kappa shape index (κ2) is 4.30. The van der Waals surface area contributed by atoms with Gasteiger partial charge in [0.05, 0.1) is 6.07 Å². The van der Waals surface area contributed by atoms with E-state index in [4.69, 9.17) is 16.9 Å². The summed E-state index contributed by atoms with van der Waals surface area (Å²) in [5.74, 6) is 0. The standard InChI is InChI=1S/C10H17ClN2/c1-10(2)4-3-5-13(8-10)7-9(11)6-12/h9H,3-5,7-8H2,1-2H3. The zero-order valence-electron chi connectivity index (χ0n) is 8.39. The van der Waals surface area contributed by atoms with Gasteiger partial charge in [-0.05, 0) is 24.8 Å². The van der Waals surface area contributed by atoms with E-state index >= 15 is 0 Å². The Balaban J connectivity index is 2.40. The molecule has 1 aliphatic heterocycles. The number of hydrogen-bond donors (Lipinski definition) is 0. The monoisotopic (exact) mass is 200 g/mol. The van der Waals surface area contributed by atoms with E-state index < -0.39 is 0 Å². The first-order valence-electron chi connectivity index (χ1n) is 4.79. The highest BCUT2D eigenvalue weighted by atomic mass is 35.5. The Morgan fingerprint density at radius 1 is 1.62 bits per heavy atom. The minimum Gasteiger partial charge on any atom is -0.300 e. The zero-order valence-corrected chi connectivity index (χ0v) is 9.14. The predicted octanol–water partition coefficient (Wildman–Crippen LogP) is 2.24. The maximum atomic E-state index is 8.59. The molecule has 0 spiro atoms. The normalized spacial score (nSPS) is 25.1. The number of rotatable bonds is 2. The third kappa shape index (κ3) is 3.54. The van der Waals surface area contributed by atoms with Crippen LogP contribution >= 0.6 is 11.6 Å². The third-order valence-electron chi connectivity index (χ3n) is 2.54. The quantitative estimate of drug-likeness (QED) is 0.640. The Kier molecular flexibility index (Phi) is 3.58. The van der Waals surface area contributed by atoms with Crippen molar-refractivity contribution in [3.8, 4) is 6.07 Å². The van der Waals surface area contributed by atoms with Crippen molar-refractivity contribution in [3.05, 3.63) is 0 Å². The van der Waals surface area contributed by atoms with Gasteiger partial charge < -0.3 is 4.90 Å². The van der Waals surface area contributed by atoms with Crippen molar-refractivity contribution >= 4 is 11.6 Å². The molecule has 1 aliphatic rings. The van der Waals surface area contributed by atoms with E-state index in [9.17, 15) is 0 Å². The van der Waals surface area contributed by atoms with Crippen LogP contribution in [0, 0.1) is 16.7 Å². The van der Waals surface area contributed by atoms with Crippen LogP contribution in [-0.4, -0.2) is 29.9 Å². The molecule has 0 bridgehead atoms. The molecule has 1 atom stereocenters. The molecule has 0 radical (unpaired) electrons. The van der Waals surface area contributed by atoms with Crippen molar-refractivity contribution in [1.82, 2.24) is 4.90 Å². The molecular weight excluding hydrogens is 184 g/mol. The Hall–Kier alpha value is -0.260. The lowest BCUT2D eigenvalue weighted by Crippen LogP contribution is -2.42. The van der Waals surface area contributed by atoms with Gasteiger partial charge in [0, 0.05) is 13.1 Å². The number of nitrogens with zero attached hydrogens (tertiary/aromatic N) is 2.